The van der Waals surface area contributed by atoms with Crippen LogP contribution in [-0.2, 0) is 6.54 Å². The molecule has 1 aromatic heterocycles. The van der Waals surface area contributed by atoms with Gasteiger partial charge in [0.15, 0.2) is 0 Å². The number of imidazole rings is 1. The maximum absolute atomic E-state index is 4.57. The van der Waals surface area contributed by atoms with Gasteiger partial charge in [0, 0.05) is 18.8 Å². The zero-order chi connectivity index (χ0) is 12.4. The van der Waals surface area contributed by atoms with E-state index in [4.69, 9.17) is 0 Å². The summed E-state index contributed by atoms with van der Waals surface area (Å²) in [6.45, 7) is 9.96. The average Bonchev–Trinajstić information content (AvgIpc) is 2.64. The van der Waals surface area contributed by atoms with E-state index in [2.05, 4.69) is 48.8 Å². The monoisotopic (exact) mass is 235 g/mol. The van der Waals surface area contributed by atoms with E-state index in [0.717, 1.165) is 30.0 Å². The molecule has 0 amide bonds. The zero-order valence-electron chi connectivity index (χ0n) is 11.5. The van der Waals surface area contributed by atoms with Gasteiger partial charge in [0.05, 0.1) is 5.69 Å². The van der Waals surface area contributed by atoms with Crippen molar-refractivity contribution in [2.45, 2.75) is 59.5 Å². The van der Waals surface area contributed by atoms with Crippen LogP contribution in [0.4, 0.5) is 5.95 Å². The minimum atomic E-state index is 0.605. The third kappa shape index (κ3) is 2.82. The summed E-state index contributed by atoms with van der Waals surface area (Å²) in [7, 11) is 0. The van der Waals surface area contributed by atoms with Gasteiger partial charge in [-0.1, -0.05) is 13.8 Å². The number of anilines is 1. The number of hydrogen-bond donors (Lipinski definition) is 1. The number of aromatic nitrogens is 2. The Kier molecular flexibility index (Phi) is 3.75. The standard InChI is InChI=1S/C14H25N3/c1-5-17-9-12(4)15-14(17)16-13-7-6-10(2)11(3)8-13/h9-11,13H,5-8H2,1-4H3,(H,15,16). The molecule has 0 saturated heterocycles. The van der Waals surface area contributed by atoms with E-state index in [9.17, 15) is 0 Å². The average molecular weight is 235 g/mol. The van der Waals surface area contributed by atoms with Crippen molar-refractivity contribution < 1.29 is 0 Å². The van der Waals surface area contributed by atoms with Crippen LogP contribution < -0.4 is 5.32 Å². The molecule has 0 aromatic carbocycles. The van der Waals surface area contributed by atoms with Gasteiger partial charge in [0.1, 0.15) is 0 Å². The molecule has 3 nitrogen and oxygen atoms in total. The van der Waals surface area contributed by atoms with E-state index >= 15 is 0 Å². The Hall–Kier alpha value is -0.990. The molecular weight excluding hydrogens is 210 g/mol. The number of nitrogens with one attached hydrogen (secondary N) is 1. The predicted molar refractivity (Wildman–Crippen MR) is 72.2 cm³/mol. The van der Waals surface area contributed by atoms with Crippen LogP contribution >= 0.6 is 0 Å². The molecule has 96 valence electrons. The minimum Gasteiger partial charge on any atom is -0.353 e. The van der Waals surface area contributed by atoms with E-state index in [1.807, 2.05) is 0 Å². The molecule has 2 rings (SSSR count). The third-order valence-corrected chi connectivity index (χ3v) is 4.17. The first-order valence-corrected chi connectivity index (χ1v) is 6.90. The molecule has 1 fully saturated rings. The van der Waals surface area contributed by atoms with Gasteiger partial charge in [-0.3, -0.25) is 0 Å². The number of hydrogen-bond acceptors (Lipinski definition) is 2. The van der Waals surface area contributed by atoms with Crippen LogP contribution in [0.15, 0.2) is 6.20 Å². The van der Waals surface area contributed by atoms with Crippen LogP contribution in [0, 0.1) is 18.8 Å². The molecule has 0 spiro atoms. The van der Waals surface area contributed by atoms with E-state index in [-0.39, 0.29) is 0 Å². The van der Waals surface area contributed by atoms with Crippen molar-refractivity contribution >= 4 is 5.95 Å². The summed E-state index contributed by atoms with van der Waals surface area (Å²) in [5.41, 5.74) is 1.10. The van der Waals surface area contributed by atoms with Crippen molar-refractivity contribution in [1.82, 2.24) is 9.55 Å². The molecule has 0 radical (unpaired) electrons. The van der Waals surface area contributed by atoms with E-state index in [1.165, 1.54) is 19.3 Å². The fraction of sp³-hybridized carbons (Fsp3) is 0.786. The second-order valence-corrected chi connectivity index (χ2v) is 5.60. The Balaban J connectivity index is 2.00. The molecule has 3 heteroatoms. The van der Waals surface area contributed by atoms with Gasteiger partial charge in [-0.05, 0) is 44.9 Å². The molecule has 1 saturated carbocycles. The van der Waals surface area contributed by atoms with Gasteiger partial charge < -0.3 is 9.88 Å². The molecule has 1 N–H and O–H groups in total. The predicted octanol–water partition coefficient (Wildman–Crippen LogP) is 3.45. The van der Waals surface area contributed by atoms with Crippen molar-refractivity contribution in [2.24, 2.45) is 11.8 Å². The first-order valence-electron chi connectivity index (χ1n) is 6.90. The maximum Gasteiger partial charge on any atom is 0.203 e. The largest absolute Gasteiger partial charge is 0.353 e. The number of nitrogens with zero attached hydrogens (tertiary/aromatic N) is 2. The fourth-order valence-corrected chi connectivity index (χ4v) is 2.76. The van der Waals surface area contributed by atoms with Gasteiger partial charge in [-0.15, -0.1) is 0 Å². The topological polar surface area (TPSA) is 29.9 Å². The third-order valence-electron chi connectivity index (χ3n) is 4.17. The smallest absolute Gasteiger partial charge is 0.203 e. The second kappa shape index (κ2) is 5.11. The summed E-state index contributed by atoms with van der Waals surface area (Å²) >= 11 is 0. The summed E-state index contributed by atoms with van der Waals surface area (Å²) in [5.74, 6) is 2.75. The van der Waals surface area contributed by atoms with Crippen molar-refractivity contribution in [3.05, 3.63) is 11.9 Å². The number of aryl methyl sites for hydroxylation is 2. The van der Waals surface area contributed by atoms with E-state index in [1.54, 1.807) is 0 Å². The Morgan fingerprint density at radius 3 is 2.76 bits per heavy atom. The fourth-order valence-electron chi connectivity index (χ4n) is 2.76. The highest BCUT2D eigenvalue weighted by molar-refractivity contribution is 5.30. The highest BCUT2D eigenvalue weighted by atomic mass is 15.2. The first-order chi connectivity index (χ1) is 8.10. The van der Waals surface area contributed by atoms with Gasteiger partial charge in [0.2, 0.25) is 5.95 Å². The minimum absolute atomic E-state index is 0.605. The van der Waals surface area contributed by atoms with Gasteiger partial charge >= 0.3 is 0 Å². The summed E-state index contributed by atoms with van der Waals surface area (Å²) in [6.07, 6.45) is 6.01. The molecule has 0 aliphatic heterocycles. The van der Waals surface area contributed by atoms with Crippen molar-refractivity contribution in [1.29, 1.82) is 0 Å². The lowest BCUT2D eigenvalue weighted by atomic mass is 9.79. The molecule has 3 atom stereocenters. The summed E-state index contributed by atoms with van der Waals surface area (Å²) < 4.78 is 2.21. The van der Waals surface area contributed by atoms with Crippen LogP contribution in [0.25, 0.3) is 0 Å². The van der Waals surface area contributed by atoms with E-state index in [0.29, 0.717) is 6.04 Å². The lowest BCUT2D eigenvalue weighted by Crippen LogP contribution is -2.31. The maximum atomic E-state index is 4.57. The number of rotatable bonds is 3. The van der Waals surface area contributed by atoms with E-state index < -0.39 is 0 Å². The molecule has 3 unspecified atom stereocenters. The highest BCUT2D eigenvalue weighted by Gasteiger charge is 2.25. The van der Waals surface area contributed by atoms with Crippen LogP contribution in [0.3, 0.4) is 0 Å². The van der Waals surface area contributed by atoms with Crippen LogP contribution in [-0.4, -0.2) is 15.6 Å². The van der Waals surface area contributed by atoms with Gasteiger partial charge in [-0.25, -0.2) is 4.98 Å². The molecule has 0 bridgehead atoms. The highest BCUT2D eigenvalue weighted by Crippen LogP contribution is 2.30. The molecule has 1 aliphatic rings. The van der Waals surface area contributed by atoms with Crippen LogP contribution in [0.2, 0.25) is 0 Å². The first kappa shape index (κ1) is 12.5. The Labute approximate surface area is 105 Å². The second-order valence-electron chi connectivity index (χ2n) is 5.60. The SMILES string of the molecule is CCn1cc(C)nc1NC1CCC(C)C(C)C1. The Morgan fingerprint density at radius 1 is 1.35 bits per heavy atom. The van der Waals surface area contributed by atoms with Gasteiger partial charge in [0.25, 0.3) is 0 Å². The molecule has 1 aromatic rings. The summed E-state index contributed by atoms with van der Waals surface area (Å²) in [6, 6.07) is 0.605. The quantitative estimate of drug-likeness (QED) is 0.869. The lowest BCUT2D eigenvalue weighted by molar-refractivity contribution is 0.260. The lowest BCUT2D eigenvalue weighted by Gasteiger charge is -2.32. The summed E-state index contributed by atoms with van der Waals surface area (Å²) in [4.78, 5) is 4.57. The molecule has 17 heavy (non-hydrogen) atoms. The van der Waals surface area contributed by atoms with Crippen LogP contribution in [0.5, 0.6) is 0 Å². The van der Waals surface area contributed by atoms with Crippen molar-refractivity contribution in [3.63, 3.8) is 0 Å². The van der Waals surface area contributed by atoms with Crippen molar-refractivity contribution in [2.75, 3.05) is 5.32 Å². The molecule has 1 aliphatic carbocycles. The molecular formula is C14H25N3. The summed E-state index contributed by atoms with van der Waals surface area (Å²) in [5, 5.41) is 3.62. The molecule has 1 heterocycles. The Morgan fingerprint density at radius 2 is 2.12 bits per heavy atom. The van der Waals surface area contributed by atoms with Crippen molar-refractivity contribution in [3.8, 4) is 0 Å². The Bertz CT molecular complexity index is 370. The van der Waals surface area contributed by atoms with Crippen LogP contribution in [0.1, 0.15) is 45.7 Å². The zero-order valence-corrected chi connectivity index (χ0v) is 11.5. The van der Waals surface area contributed by atoms with Gasteiger partial charge in [-0.2, -0.15) is 0 Å². The normalized spacial score (nSPS) is 29.3.